The topological polar surface area (TPSA) is 102 Å². The lowest BCUT2D eigenvalue weighted by Gasteiger charge is -2.21. The fourth-order valence-corrected chi connectivity index (χ4v) is 3.49. The number of aromatic nitrogens is 2. The molecule has 2 N–H and O–H groups in total. The van der Waals surface area contributed by atoms with Crippen molar-refractivity contribution in [2.24, 2.45) is 0 Å². The van der Waals surface area contributed by atoms with Gasteiger partial charge in [0, 0.05) is 16.7 Å². The summed E-state index contributed by atoms with van der Waals surface area (Å²) in [5, 5.41) is 2.28. The molecule has 3 aromatic rings. The summed E-state index contributed by atoms with van der Waals surface area (Å²) >= 11 is 6.24. The molecule has 31 heavy (non-hydrogen) atoms. The molecule has 0 radical (unpaired) electrons. The molecule has 2 heterocycles. The third kappa shape index (κ3) is 3.83. The Morgan fingerprint density at radius 2 is 1.90 bits per heavy atom. The molecule has 1 aliphatic heterocycles. The summed E-state index contributed by atoms with van der Waals surface area (Å²) in [6.07, 6.45) is -5.78. The number of imide groups is 1. The number of fused-ring (bicyclic) bond motifs is 1. The normalized spacial score (nSPS) is 18.9. The standard InChI is InChI=1S/C19H13ClF3N3O5/c1-18(15(27)25-17(29)31-18)10-2-4-12(20)9(6-10)8-26-14-7-11(30-19(21,22)23)3-5-13(14)24-16(26)28/h2-7H,8H2,1H3,(H,24,28)(H,25,27,29)/t18-/m0/s1. The average Bonchev–Trinajstić information content (AvgIpc) is 3.11. The lowest BCUT2D eigenvalue weighted by atomic mass is 9.94. The van der Waals surface area contributed by atoms with Gasteiger partial charge in [0.2, 0.25) is 5.60 Å². The van der Waals surface area contributed by atoms with Crippen molar-refractivity contribution in [3.8, 4) is 5.75 Å². The van der Waals surface area contributed by atoms with Crippen molar-refractivity contribution >= 4 is 34.6 Å². The lowest BCUT2D eigenvalue weighted by Crippen LogP contribution is -2.33. The summed E-state index contributed by atoms with van der Waals surface area (Å²) < 4.78 is 47.8. The van der Waals surface area contributed by atoms with Gasteiger partial charge in [-0.1, -0.05) is 17.7 Å². The Labute approximate surface area is 176 Å². The quantitative estimate of drug-likeness (QED) is 0.627. The molecular weight excluding hydrogens is 443 g/mol. The van der Waals surface area contributed by atoms with Gasteiger partial charge in [0.15, 0.2) is 0 Å². The zero-order valence-electron chi connectivity index (χ0n) is 15.7. The first-order valence-electron chi connectivity index (χ1n) is 8.78. The summed E-state index contributed by atoms with van der Waals surface area (Å²) in [5.74, 6) is -1.15. The highest BCUT2D eigenvalue weighted by molar-refractivity contribution is 6.31. The van der Waals surface area contributed by atoms with Crippen molar-refractivity contribution in [2.75, 3.05) is 0 Å². The van der Waals surface area contributed by atoms with Crippen LogP contribution in [0.15, 0.2) is 41.2 Å². The number of hydrogen-bond donors (Lipinski definition) is 2. The third-order valence-electron chi connectivity index (χ3n) is 4.85. The van der Waals surface area contributed by atoms with Crippen LogP contribution in [0.1, 0.15) is 18.1 Å². The Morgan fingerprint density at radius 1 is 1.16 bits per heavy atom. The van der Waals surface area contributed by atoms with Crippen molar-refractivity contribution in [2.45, 2.75) is 25.4 Å². The number of hydrogen-bond acceptors (Lipinski definition) is 5. The summed E-state index contributed by atoms with van der Waals surface area (Å²) in [4.78, 5) is 38.6. The Balaban J connectivity index is 1.75. The van der Waals surface area contributed by atoms with Crippen LogP contribution in [-0.2, 0) is 21.7 Å². The van der Waals surface area contributed by atoms with Gasteiger partial charge in [-0.25, -0.2) is 9.59 Å². The molecule has 0 saturated carbocycles. The molecule has 1 aliphatic rings. The van der Waals surface area contributed by atoms with Crippen LogP contribution in [0.25, 0.3) is 11.0 Å². The minimum atomic E-state index is -4.89. The number of carbonyl (C=O) groups excluding carboxylic acids is 2. The van der Waals surface area contributed by atoms with Crippen LogP contribution in [0.3, 0.4) is 0 Å². The molecule has 0 spiro atoms. The van der Waals surface area contributed by atoms with Crippen molar-refractivity contribution in [3.05, 3.63) is 63.0 Å². The van der Waals surface area contributed by atoms with Gasteiger partial charge in [-0.3, -0.25) is 14.7 Å². The van der Waals surface area contributed by atoms with Crippen molar-refractivity contribution < 1.29 is 32.2 Å². The highest BCUT2D eigenvalue weighted by Crippen LogP contribution is 2.33. The minimum Gasteiger partial charge on any atom is -0.428 e. The number of ether oxygens (including phenoxy) is 2. The number of rotatable bonds is 4. The van der Waals surface area contributed by atoms with Gasteiger partial charge < -0.3 is 14.5 Å². The lowest BCUT2D eigenvalue weighted by molar-refractivity contribution is -0.274. The summed E-state index contributed by atoms with van der Waals surface area (Å²) in [7, 11) is 0. The van der Waals surface area contributed by atoms with Gasteiger partial charge in [0.05, 0.1) is 17.6 Å². The van der Waals surface area contributed by atoms with E-state index in [1.165, 1.54) is 35.8 Å². The zero-order chi connectivity index (χ0) is 22.6. The maximum absolute atomic E-state index is 12.6. The fourth-order valence-electron chi connectivity index (χ4n) is 3.31. The number of H-pyrrole nitrogens is 1. The van der Waals surface area contributed by atoms with E-state index in [0.29, 0.717) is 16.6 Å². The third-order valence-corrected chi connectivity index (χ3v) is 5.22. The van der Waals surface area contributed by atoms with Crippen LogP contribution in [0, 0.1) is 0 Å². The Bertz CT molecular complexity index is 1280. The molecule has 0 bridgehead atoms. The Hall–Kier alpha value is -3.47. The number of alkyl carbamates (subject to hydrolysis) is 1. The molecule has 1 fully saturated rings. The molecule has 1 atom stereocenters. The number of halogens is 4. The average molecular weight is 456 g/mol. The Kier molecular flexibility index (Phi) is 4.73. The van der Waals surface area contributed by atoms with E-state index in [1.807, 2.05) is 5.32 Å². The predicted molar refractivity (Wildman–Crippen MR) is 102 cm³/mol. The minimum absolute atomic E-state index is 0.132. The Morgan fingerprint density at radius 3 is 2.55 bits per heavy atom. The monoisotopic (exact) mass is 455 g/mol. The van der Waals surface area contributed by atoms with Crippen LogP contribution in [-0.4, -0.2) is 27.9 Å². The van der Waals surface area contributed by atoms with E-state index in [9.17, 15) is 27.6 Å². The number of benzene rings is 2. The summed E-state index contributed by atoms with van der Waals surface area (Å²) in [5.41, 5.74) is -1.04. The van der Waals surface area contributed by atoms with Crippen LogP contribution in [0.2, 0.25) is 5.02 Å². The van der Waals surface area contributed by atoms with Crippen LogP contribution < -0.4 is 15.7 Å². The zero-order valence-corrected chi connectivity index (χ0v) is 16.4. The molecule has 2 aromatic carbocycles. The summed E-state index contributed by atoms with van der Waals surface area (Å²) in [6.45, 7) is 1.27. The molecule has 4 rings (SSSR count). The first kappa shape index (κ1) is 20.8. The molecule has 2 amide bonds. The number of amides is 2. The molecule has 0 aliphatic carbocycles. The van der Waals surface area contributed by atoms with E-state index >= 15 is 0 Å². The molecule has 0 unspecified atom stereocenters. The van der Waals surface area contributed by atoms with E-state index in [-0.39, 0.29) is 17.1 Å². The van der Waals surface area contributed by atoms with E-state index in [4.69, 9.17) is 16.3 Å². The van der Waals surface area contributed by atoms with Gasteiger partial charge in [0.25, 0.3) is 5.91 Å². The smallest absolute Gasteiger partial charge is 0.428 e. The largest absolute Gasteiger partial charge is 0.573 e. The number of cyclic esters (lactones) is 1. The second-order valence-electron chi connectivity index (χ2n) is 6.93. The predicted octanol–water partition coefficient (Wildman–Crippen LogP) is 3.41. The van der Waals surface area contributed by atoms with Gasteiger partial charge in [-0.2, -0.15) is 0 Å². The van der Waals surface area contributed by atoms with Crippen molar-refractivity contribution in [1.29, 1.82) is 0 Å². The van der Waals surface area contributed by atoms with Crippen molar-refractivity contribution in [1.82, 2.24) is 14.9 Å². The van der Waals surface area contributed by atoms with E-state index in [0.717, 1.165) is 12.1 Å². The highest BCUT2D eigenvalue weighted by atomic mass is 35.5. The van der Waals surface area contributed by atoms with E-state index in [2.05, 4.69) is 9.72 Å². The number of carbonyl (C=O) groups is 2. The number of aromatic amines is 1. The van der Waals surface area contributed by atoms with Crippen molar-refractivity contribution in [3.63, 3.8) is 0 Å². The summed E-state index contributed by atoms with van der Waals surface area (Å²) in [6, 6.07) is 7.90. The first-order chi connectivity index (χ1) is 14.5. The van der Waals surface area contributed by atoms with E-state index in [1.54, 1.807) is 0 Å². The SMILES string of the molecule is C[C@@]1(c2ccc(Cl)c(Cn3c(=O)[nH]c4ccc(OC(F)(F)F)cc43)c2)OC(=O)NC1=O. The van der Waals surface area contributed by atoms with Gasteiger partial charge >= 0.3 is 18.1 Å². The molecule has 12 heteroatoms. The first-order valence-corrected chi connectivity index (χ1v) is 9.16. The maximum atomic E-state index is 12.6. The number of imidazole rings is 1. The number of alkyl halides is 3. The van der Waals surface area contributed by atoms with Gasteiger partial charge in [0.1, 0.15) is 5.75 Å². The fraction of sp³-hybridized carbons (Fsp3) is 0.211. The van der Waals surface area contributed by atoms with Gasteiger partial charge in [-0.05, 0) is 36.8 Å². The molecule has 8 nitrogen and oxygen atoms in total. The number of nitrogens with one attached hydrogen (secondary N) is 2. The van der Waals surface area contributed by atoms with E-state index < -0.39 is 35.4 Å². The van der Waals surface area contributed by atoms with Crippen LogP contribution in [0.5, 0.6) is 5.75 Å². The van der Waals surface area contributed by atoms with Crippen LogP contribution >= 0.6 is 11.6 Å². The van der Waals surface area contributed by atoms with Crippen LogP contribution in [0.4, 0.5) is 18.0 Å². The molecular formula is C19H13ClF3N3O5. The molecule has 1 saturated heterocycles. The molecule has 162 valence electrons. The highest BCUT2D eigenvalue weighted by Gasteiger charge is 2.46. The number of nitrogens with zero attached hydrogens (tertiary/aromatic N) is 1. The maximum Gasteiger partial charge on any atom is 0.573 e. The second-order valence-corrected chi connectivity index (χ2v) is 7.33. The molecule has 1 aromatic heterocycles. The van der Waals surface area contributed by atoms with Gasteiger partial charge in [-0.15, -0.1) is 13.2 Å². The second kappa shape index (κ2) is 7.05.